The second-order valence-corrected chi connectivity index (χ2v) is 32.0. The largest absolute Gasteiger partial charge is 0.415 e. The maximum Gasteiger partial charge on any atom is 0.184 e. The summed E-state index contributed by atoms with van der Waals surface area (Å²) >= 11 is 1.72. The van der Waals surface area contributed by atoms with Crippen molar-refractivity contribution in [2.24, 2.45) is 0 Å². The molecule has 0 aliphatic carbocycles. The highest BCUT2D eigenvalue weighted by Gasteiger charge is 2.51. The van der Waals surface area contributed by atoms with Gasteiger partial charge in [0.05, 0.1) is 6.61 Å². The Morgan fingerprint density at radius 3 is 1.59 bits per heavy atom. The fourth-order valence-corrected chi connectivity index (χ4v) is 8.85. The zero-order chi connectivity index (χ0) is 25.9. The van der Waals surface area contributed by atoms with E-state index in [1.54, 1.807) is 11.8 Å². The molecule has 5 atom stereocenters. The van der Waals surface area contributed by atoms with Crippen LogP contribution in [0.5, 0.6) is 0 Å². The topological polar surface area (TPSA) is 46.2 Å². The zero-order valence-corrected chi connectivity index (χ0v) is 28.2. The molecule has 1 aromatic rings. The monoisotopic (exact) mass is 560 g/mol. The summed E-state index contributed by atoms with van der Waals surface area (Å²) in [6.07, 6.45) is -0.838. The molecule has 196 valence electrons. The standard InChI is InChI=1S/C24H48O5SSi4/c1-31(2,3)25-18-20-21(27-32(4,5)6)22(28-33(7,8)9)23(29-34(10,11)12)24(26-20)30-19-16-14-13-15-17-19/h13-17,20-24H,18H2,1-12H3/t20-,21-,22+,23-,24+/m1/s1. The maximum atomic E-state index is 6.92. The normalized spacial score (nSPS) is 27.1. The van der Waals surface area contributed by atoms with Crippen LogP contribution < -0.4 is 0 Å². The van der Waals surface area contributed by atoms with Gasteiger partial charge in [-0.15, -0.1) is 0 Å². The van der Waals surface area contributed by atoms with Gasteiger partial charge >= 0.3 is 0 Å². The molecular weight excluding hydrogens is 513 g/mol. The molecule has 0 aromatic heterocycles. The van der Waals surface area contributed by atoms with Gasteiger partial charge in [-0.25, -0.2) is 0 Å². The van der Waals surface area contributed by atoms with Crippen LogP contribution in [0.15, 0.2) is 35.2 Å². The first kappa shape index (κ1) is 30.5. The molecule has 1 heterocycles. The molecule has 0 bridgehead atoms. The average molecular weight is 561 g/mol. The minimum Gasteiger partial charge on any atom is -0.415 e. The quantitative estimate of drug-likeness (QED) is 0.271. The minimum absolute atomic E-state index is 0.199. The lowest BCUT2D eigenvalue weighted by Crippen LogP contribution is -2.65. The predicted octanol–water partition coefficient (Wildman–Crippen LogP) is 7.02. The Balaban J connectivity index is 2.53. The molecule has 5 nitrogen and oxygen atoms in total. The van der Waals surface area contributed by atoms with Gasteiger partial charge in [-0.1, -0.05) is 30.0 Å². The van der Waals surface area contributed by atoms with E-state index in [0.717, 1.165) is 4.90 Å². The molecule has 1 fully saturated rings. The van der Waals surface area contributed by atoms with E-state index in [0.29, 0.717) is 6.61 Å². The SMILES string of the molecule is C[Si](C)(C)OC[C@H]1O[C@@H](Sc2ccccc2)[C@H](O[Si](C)(C)C)[C@@H](O[Si](C)(C)C)[C@@H]1O[Si](C)(C)C. The van der Waals surface area contributed by atoms with Gasteiger partial charge in [0.2, 0.25) is 0 Å². The minimum atomic E-state index is -1.92. The smallest absolute Gasteiger partial charge is 0.184 e. The van der Waals surface area contributed by atoms with Crippen molar-refractivity contribution in [1.29, 1.82) is 0 Å². The molecule has 1 aliphatic rings. The van der Waals surface area contributed by atoms with E-state index < -0.39 is 33.3 Å². The highest BCUT2D eigenvalue weighted by molar-refractivity contribution is 7.99. The third-order valence-corrected chi connectivity index (χ3v) is 9.86. The van der Waals surface area contributed by atoms with E-state index in [-0.39, 0.29) is 29.9 Å². The summed E-state index contributed by atoms with van der Waals surface area (Å²) in [5, 5.41) is 0. The van der Waals surface area contributed by atoms with Crippen molar-refractivity contribution in [1.82, 2.24) is 0 Å². The summed E-state index contributed by atoms with van der Waals surface area (Å²) in [4.78, 5) is 1.16. The van der Waals surface area contributed by atoms with E-state index in [1.165, 1.54) is 0 Å². The van der Waals surface area contributed by atoms with Gasteiger partial charge in [-0.2, -0.15) is 0 Å². The summed E-state index contributed by atoms with van der Waals surface area (Å²) in [5.41, 5.74) is -0.202. The molecule has 0 N–H and O–H groups in total. The fourth-order valence-electron chi connectivity index (χ4n) is 3.70. The molecule has 1 aliphatic heterocycles. The van der Waals surface area contributed by atoms with Crippen molar-refractivity contribution in [2.45, 2.75) is 113 Å². The first-order chi connectivity index (χ1) is 15.3. The highest BCUT2D eigenvalue weighted by atomic mass is 32.2. The van der Waals surface area contributed by atoms with Gasteiger partial charge in [0.1, 0.15) is 29.9 Å². The van der Waals surface area contributed by atoms with Crippen LogP contribution >= 0.6 is 11.8 Å². The Bertz CT molecular complexity index is 756. The molecule has 1 aromatic carbocycles. The summed E-state index contributed by atoms with van der Waals surface area (Å²) in [7, 11) is -7.46. The summed E-state index contributed by atoms with van der Waals surface area (Å²) in [6, 6.07) is 10.4. The molecule has 10 heteroatoms. The first-order valence-electron chi connectivity index (χ1n) is 12.4. The molecule has 2 rings (SSSR count). The van der Waals surface area contributed by atoms with Gasteiger partial charge in [-0.05, 0) is 90.7 Å². The molecule has 0 amide bonds. The Hall–Kier alpha value is 0.238. The van der Waals surface area contributed by atoms with Gasteiger partial charge in [0.25, 0.3) is 0 Å². The average Bonchev–Trinajstić information content (AvgIpc) is 2.62. The second kappa shape index (κ2) is 11.7. The Labute approximate surface area is 217 Å². The van der Waals surface area contributed by atoms with E-state index >= 15 is 0 Å². The molecule has 1 saturated heterocycles. The molecule has 0 radical (unpaired) electrons. The van der Waals surface area contributed by atoms with Crippen molar-refractivity contribution in [3.8, 4) is 0 Å². The van der Waals surface area contributed by atoms with E-state index in [9.17, 15) is 0 Å². The number of ether oxygens (including phenoxy) is 1. The van der Waals surface area contributed by atoms with Crippen LogP contribution in [0.4, 0.5) is 0 Å². The van der Waals surface area contributed by atoms with E-state index in [1.807, 2.05) is 6.07 Å². The number of benzene rings is 1. The highest BCUT2D eigenvalue weighted by Crippen LogP contribution is 2.40. The van der Waals surface area contributed by atoms with Crippen molar-refractivity contribution in [2.75, 3.05) is 6.61 Å². The molecular formula is C24H48O5SSi4. The number of thioether (sulfide) groups is 1. The van der Waals surface area contributed by atoms with Crippen molar-refractivity contribution in [3.63, 3.8) is 0 Å². The van der Waals surface area contributed by atoms with Crippen LogP contribution in [0.3, 0.4) is 0 Å². The lowest BCUT2D eigenvalue weighted by Gasteiger charge is -2.51. The summed E-state index contributed by atoms with van der Waals surface area (Å²) < 4.78 is 33.8. The molecule has 34 heavy (non-hydrogen) atoms. The third-order valence-electron chi connectivity index (χ3n) is 4.74. The first-order valence-corrected chi connectivity index (χ1v) is 26.9. The van der Waals surface area contributed by atoms with Crippen LogP contribution in [0.2, 0.25) is 78.6 Å². The number of rotatable bonds is 11. The third kappa shape index (κ3) is 11.1. The van der Waals surface area contributed by atoms with Crippen molar-refractivity contribution in [3.05, 3.63) is 30.3 Å². The Morgan fingerprint density at radius 2 is 1.12 bits per heavy atom. The summed E-state index contributed by atoms with van der Waals surface area (Å²) in [6.45, 7) is 27.3. The van der Waals surface area contributed by atoms with Gasteiger partial charge in [-0.3, -0.25) is 0 Å². The van der Waals surface area contributed by atoms with Crippen LogP contribution in [-0.4, -0.2) is 69.7 Å². The van der Waals surface area contributed by atoms with Crippen LogP contribution in [0, 0.1) is 0 Å². The predicted molar refractivity (Wildman–Crippen MR) is 155 cm³/mol. The second-order valence-electron chi connectivity index (χ2n) is 13.0. The molecule has 0 unspecified atom stereocenters. The van der Waals surface area contributed by atoms with Crippen LogP contribution in [0.1, 0.15) is 0 Å². The van der Waals surface area contributed by atoms with E-state index in [4.69, 9.17) is 22.4 Å². The van der Waals surface area contributed by atoms with Gasteiger partial charge < -0.3 is 22.4 Å². The summed E-state index contributed by atoms with van der Waals surface area (Å²) in [5.74, 6) is 0. The number of hydrogen-bond acceptors (Lipinski definition) is 6. The number of hydrogen-bond donors (Lipinski definition) is 0. The van der Waals surface area contributed by atoms with Crippen LogP contribution in [-0.2, 0) is 22.4 Å². The maximum absolute atomic E-state index is 6.92. The lowest BCUT2D eigenvalue weighted by molar-refractivity contribution is -0.189. The van der Waals surface area contributed by atoms with Gasteiger partial charge in [0, 0.05) is 4.90 Å². The Kier molecular flexibility index (Phi) is 10.5. The van der Waals surface area contributed by atoms with Crippen molar-refractivity contribution >= 4 is 45.0 Å². The van der Waals surface area contributed by atoms with Crippen LogP contribution in [0.25, 0.3) is 0 Å². The lowest BCUT2D eigenvalue weighted by atomic mass is 10.0. The molecule has 0 saturated carbocycles. The molecule has 0 spiro atoms. The van der Waals surface area contributed by atoms with Crippen molar-refractivity contribution < 1.29 is 22.4 Å². The van der Waals surface area contributed by atoms with E-state index in [2.05, 4.69) is 103 Å². The zero-order valence-electron chi connectivity index (χ0n) is 23.4. The fraction of sp³-hybridized carbons (Fsp3) is 0.750. The Morgan fingerprint density at radius 1 is 0.647 bits per heavy atom. The van der Waals surface area contributed by atoms with Gasteiger partial charge in [0.15, 0.2) is 33.3 Å².